The Morgan fingerprint density at radius 2 is 2.14 bits per heavy atom. The minimum atomic E-state index is 0.347. The van der Waals surface area contributed by atoms with Gasteiger partial charge in [0.2, 0.25) is 5.91 Å². The Kier molecular flexibility index (Phi) is 4.22. The Labute approximate surface area is 164 Å². The molecule has 0 saturated carbocycles. The second-order valence-electron chi connectivity index (χ2n) is 8.78. The number of hydrogen-bond donors (Lipinski definition) is 1. The number of H-pyrrole nitrogens is 1. The average molecular weight is 377 g/mol. The summed E-state index contributed by atoms with van der Waals surface area (Å²) in [6.07, 6.45) is 9.78. The lowest BCUT2D eigenvalue weighted by molar-refractivity contribution is -0.133. The van der Waals surface area contributed by atoms with E-state index in [0.717, 1.165) is 41.4 Å². The molecule has 0 aliphatic carbocycles. The molecule has 1 aromatic carbocycles. The third kappa shape index (κ3) is 2.91. The van der Waals surface area contributed by atoms with Crippen LogP contribution in [-0.4, -0.2) is 42.9 Å². The van der Waals surface area contributed by atoms with Gasteiger partial charge in [0.1, 0.15) is 0 Å². The Morgan fingerprint density at radius 1 is 1.25 bits per heavy atom. The molecule has 2 aliphatic heterocycles. The van der Waals surface area contributed by atoms with Crippen LogP contribution in [0, 0.1) is 11.8 Å². The summed E-state index contributed by atoms with van der Waals surface area (Å²) in [5, 5.41) is 12.7. The molecule has 2 saturated heterocycles. The van der Waals surface area contributed by atoms with Crippen molar-refractivity contribution >= 4 is 16.8 Å². The van der Waals surface area contributed by atoms with Gasteiger partial charge in [-0.05, 0) is 42.9 Å². The summed E-state index contributed by atoms with van der Waals surface area (Å²) in [5.41, 5.74) is 3.39. The van der Waals surface area contributed by atoms with Crippen LogP contribution in [0.4, 0.5) is 0 Å². The van der Waals surface area contributed by atoms with E-state index in [1.54, 1.807) is 0 Å². The van der Waals surface area contributed by atoms with Crippen LogP contribution >= 0.6 is 0 Å². The normalized spacial score (nSPS) is 24.0. The number of aromatic nitrogens is 4. The molecule has 1 amide bonds. The first-order valence-electron chi connectivity index (χ1n) is 10.4. The summed E-state index contributed by atoms with van der Waals surface area (Å²) in [6, 6.07) is 7.28. The van der Waals surface area contributed by atoms with Crippen molar-refractivity contribution in [3.8, 4) is 11.1 Å². The van der Waals surface area contributed by atoms with Crippen molar-refractivity contribution in [1.29, 1.82) is 0 Å². The third-order valence-electron chi connectivity index (χ3n) is 6.42. The van der Waals surface area contributed by atoms with Gasteiger partial charge in [-0.15, -0.1) is 0 Å². The van der Waals surface area contributed by atoms with Crippen LogP contribution in [-0.2, 0) is 11.3 Å². The monoisotopic (exact) mass is 377 g/mol. The highest BCUT2D eigenvalue weighted by Crippen LogP contribution is 2.43. The Bertz CT molecular complexity index is 990. The molecular formula is C22H27N5O. The molecule has 0 radical (unpaired) electrons. The number of rotatable bonds is 5. The molecule has 2 aliphatic rings. The average Bonchev–Trinajstić information content (AvgIpc) is 3.45. The molecule has 4 heterocycles. The fourth-order valence-corrected chi connectivity index (χ4v) is 5.20. The van der Waals surface area contributed by atoms with Gasteiger partial charge in [-0.25, -0.2) is 0 Å². The van der Waals surface area contributed by atoms with Crippen LogP contribution in [0.5, 0.6) is 0 Å². The topological polar surface area (TPSA) is 66.8 Å². The van der Waals surface area contributed by atoms with E-state index in [0.29, 0.717) is 36.2 Å². The molecule has 28 heavy (non-hydrogen) atoms. The lowest BCUT2D eigenvalue weighted by Gasteiger charge is -2.25. The first kappa shape index (κ1) is 17.5. The smallest absolute Gasteiger partial charge is 0.223 e. The van der Waals surface area contributed by atoms with E-state index in [4.69, 9.17) is 0 Å². The van der Waals surface area contributed by atoms with Crippen molar-refractivity contribution in [2.45, 2.75) is 58.2 Å². The lowest BCUT2D eigenvalue weighted by atomic mass is 9.89. The number of carbonyl (C=O) groups excluding carboxylic acids is 1. The van der Waals surface area contributed by atoms with Crippen molar-refractivity contribution in [2.75, 3.05) is 0 Å². The maximum Gasteiger partial charge on any atom is 0.223 e. The number of hydrogen-bond acceptors (Lipinski definition) is 3. The Morgan fingerprint density at radius 3 is 2.93 bits per heavy atom. The number of benzene rings is 1. The Hall–Kier alpha value is -2.63. The first-order chi connectivity index (χ1) is 13.6. The molecule has 3 atom stereocenters. The van der Waals surface area contributed by atoms with Gasteiger partial charge in [0, 0.05) is 48.1 Å². The fraction of sp³-hybridized carbons (Fsp3) is 0.500. The summed E-state index contributed by atoms with van der Waals surface area (Å²) < 4.78 is 2.13. The van der Waals surface area contributed by atoms with Gasteiger partial charge in [-0.3, -0.25) is 14.6 Å². The number of aromatic amines is 1. The molecule has 5 rings (SSSR count). The molecule has 6 nitrogen and oxygen atoms in total. The predicted octanol–water partition coefficient (Wildman–Crippen LogP) is 3.85. The summed E-state index contributed by atoms with van der Waals surface area (Å²) in [4.78, 5) is 14.9. The molecule has 3 aromatic rings. The van der Waals surface area contributed by atoms with Crippen molar-refractivity contribution in [1.82, 2.24) is 24.9 Å². The third-order valence-corrected chi connectivity index (χ3v) is 6.42. The van der Waals surface area contributed by atoms with Crippen LogP contribution in [0.1, 0.15) is 39.5 Å². The Balaban J connectivity index is 1.35. The van der Waals surface area contributed by atoms with E-state index in [-0.39, 0.29) is 0 Å². The number of nitrogens with zero attached hydrogens (tertiary/aromatic N) is 4. The van der Waals surface area contributed by atoms with Gasteiger partial charge >= 0.3 is 0 Å². The van der Waals surface area contributed by atoms with Gasteiger partial charge in [-0.1, -0.05) is 19.9 Å². The van der Waals surface area contributed by atoms with Crippen LogP contribution in [0.15, 0.2) is 36.8 Å². The van der Waals surface area contributed by atoms with E-state index >= 15 is 0 Å². The zero-order valence-corrected chi connectivity index (χ0v) is 16.5. The van der Waals surface area contributed by atoms with E-state index in [9.17, 15) is 4.79 Å². The quantitative estimate of drug-likeness (QED) is 0.734. The highest BCUT2D eigenvalue weighted by Gasteiger charge is 2.48. The van der Waals surface area contributed by atoms with Crippen molar-refractivity contribution in [3.63, 3.8) is 0 Å². The van der Waals surface area contributed by atoms with Crippen LogP contribution in [0.3, 0.4) is 0 Å². The van der Waals surface area contributed by atoms with Crippen molar-refractivity contribution in [3.05, 3.63) is 36.8 Å². The molecule has 3 unspecified atom stereocenters. The minimum absolute atomic E-state index is 0.347. The SMILES string of the molecule is CC(C)CC(=O)N1C2CCC1C(Cn1ncc3cc(-c4cn[nH]c4)ccc31)C2. The van der Waals surface area contributed by atoms with Gasteiger partial charge in [-0.2, -0.15) is 10.2 Å². The zero-order chi connectivity index (χ0) is 19.3. The number of fused-ring (bicyclic) bond motifs is 3. The predicted molar refractivity (Wildman–Crippen MR) is 109 cm³/mol. The molecule has 0 spiro atoms. The number of amides is 1. The summed E-state index contributed by atoms with van der Waals surface area (Å²) in [7, 11) is 0. The highest BCUT2D eigenvalue weighted by atomic mass is 16.2. The highest BCUT2D eigenvalue weighted by molar-refractivity contribution is 5.84. The van der Waals surface area contributed by atoms with Crippen LogP contribution in [0.2, 0.25) is 0 Å². The van der Waals surface area contributed by atoms with E-state index in [1.807, 2.05) is 18.6 Å². The van der Waals surface area contributed by atoms with Crippen LogP contribution < -0.4 is 0 Å². The first-order valence-corrected chi connectivity index (χ1v) is 10.4. The van der Waals surface area contributed by atoms with E-state index in [1.165, 1.54) is 6.42 Å². The zero-order valence-electron chi connectivity index (χ0n) is 16.5. The van der Waals surface area contributed by atoms with Gasteiger partial charge < -0.3 is 4.90 Å². The molecule has 2 fully saturated rings. The largest absolute Gasteiger partial charge is 0.336 e. The van der Waals surface area contributed by atoms with E-state index in [2.05, 4.69) is 56.9 Å². The number of carbonyl (C=O) groups is 1. The minimum Gasteiger partial charge on any atom is -0.336 e. The second kappa shape index (κ2) is 6.76. The van der Waals surface area contributed by atoms with Gasteiger partial charge in [0.25, 0.3) is 0 Å². The van der Waals surface area contributed by atoms with E-state index < -0.39 is 0 Å². The summed E-state index contributed by atoms with van der Waals surface area (Å²) in [6.45, 7) is 5.14. The molecule has 146 valence electrons. The molecular weight excluding hydrogens is 350 g/mol. The van der Waals surface area contributed by atoms with Gasteiger partial charge in [0.05, 0.1) is 17.9 Å². The van der Waals surface area contributed by atoms with Crippen LogP contribution in [0.25, 0.3) is 22.0 Å². The fourth-order valence-electron chi connectivity index (χ4n) is 5.20. The maximum atomic E-state index is 12.7. The maximum absolute atomic E-state index is 12.7. The number of nitrogens with one attached hydrogen (secondary N) is 1. The lowest BCUT2D eigenvalue weighted by Crippen LogP contribution is -2.37. The second-order valence-corrected chi connectivity index (χ2v) is 8.78. The van der Waals surface area contributed by atoms with Crippen molar-refractivity contribution in [2.24, 2.45) is 11.8 Å². The molecule has 2 aromatic heterocycles. The molecule has 1 N–H and O–H groups in total. The summed E-state index contributed by atoms with van der Waals surface area (Å²) >= 11 is 0. The summed E-state index contributed by atoms with van der Waals surface area (Å²) in [5.74, 6) is 1.28. The van der Waals surface area contributed by atoms with Crippen molar-refractivity contribution < 1.29 is 4.79 Å². The standard InChI is InChI=1S/C22H27N5O/c1-14(2)7-22(28)27-19-4-6-21(27)17(9-19)13-26-20-5-3-15(8-16(20)12-25-26)18-10-23-24-11-18/h3,5,8,10-12,14,17,19,21H,4,6-7,9,13H2,1-2H3,(H,23,24). The molecule has 2 bridgehead atoms. The molecule has 6 heteroatoms. The van der Waals surface area contributed by atoms with Gasteiger partial charge in [0.15, 0.2) is 0 Å².